The summed E-state index contributed by atoms with van der Waals surface area (Å²) >= 11 is 0. The number of carbonyl (C=O) groups is 1. The molecule has 0 atom stereocenters. The van der Waals surface area contributed by atoms with Crippen molar-refractivity contribution in [3.8, 4) is 0 Å². The van der Waals surface area contributed by atoms with Crippen molar-refractivity contribution in [1.29, 1.82) is 0 Å². The van der Waals surface area contributed by atoms with Gasteiger partial charge in [0.25, 0.3) is 0 Å². The van der Waals surface area contributed by atoms with Gasteiger partial charge >= 0.3 is 0 Å². The van der Waals surface area contributed by atoms with E-state index < -0.39 is 0 Å². The van der Waals surface area contributed by atoms with Gasteiger partial charge in [-0.25, -0.2) is 0 Å². The second-order valence-electron chi connectivity index (χ2n) is 10.1. The fourth-order valence-corrected chi connectivity index (χ4v) is 4.55. The summed E-state index contributed by atoms with van der Waals surface area (Å²) in [6, 6.07) is 14.6. The molecule has 0 unspecified atom stereocenters. The molecule has 0 aliphatic heterocycles. The molecule has 3 nitrogen and oxygen atoms in total. The smallest absolute Gasteiger partial charge is 0.159 e. The Kier molecular flexibility index (Phi) is 5.47. The largest absolute Gasteiger partial charge is 0.295 e. The number of ketones is 1. The topological polar surface area (TPSA) is 34.9 Å². The van der Waals surface area contributed by atoms with E-state index in [1.54, 1.807) is 6.92 Å². The molecule has 3 aromatic rings. The zero-order valence-corrected chi connectivity index (χ0v) is 19.3. The quantitative estimate of drug-likeness (QED) is 0.347. The lowest BCUT2D eigenvalue weighted by molar-refractivity contribution is 0.101. The van der Waals surface area contributed by atoms with Crippen molar-refractivity contribution < 1.29 is 4.79 Å². The molecule has 3 heteroatoms. The lowest BCUT2D eigenvalue weighted by Crippen LogP contribution is -2.34. The highest BCUT2D eigenvalue weighted by atomic mass is 16.1. The van der Waals surface area contributed by atoms with E-state index in [1.165, 1.54) is 35.1 Å². The fourth-order valence-electron chi connectivity index (χ4n) is 4.55. The zero-order chi connectivity index (χ0) is 22.2. The Bertz CT molecular complexity index is 1120. The van der Waals surface area contributed by atoms with E-state index in [2.05, 4.69) is 57.1 Å². The third-order valence-corrected chi connectivity index (χ3v) is 6.78. The van der Waals surface area contributed by atoms with E-state index in [-0.39, 0.29) is 16.6 Å². The first kappa shape index (κ1) is 21.3. The normalized spacial score (nSPS) is 16.9. The predicted octanol–water partition coefficient (Wildman–Crippen LogP) is 6.65. The van der Waals surface area contributed by atoms with Gasteiger partial charge < -0.3 is 0 Å². The highest BCUT2D eigenvalue weighted by Gasteiger charge is 2.37. The molecule has 31 heavy (non-hydrogen) atoms. The molecule has 4 rings (SSSR count). The zero-order valence-electron chi connectivity index (χ0n) is 19.3. The molecule has 0 spiro atoms. The van der Waals surface area contributed by atoms with Crippen LogP contribution in [-0.2, 0) is 17.4 Å². The Morgan fingerprint density at radius 1 is 1.00 bits per heavy atom. The van der Waals surface area contributed by atoms with Crippen molar-refractivity contribution in [1.82, 2.24) is 9.78 Å². The number of hydrogen-bond donors (Lipinski definition) is 0. The molecule has 2 aromatic carbocycles. The van der Waals surface area contributed by atoms with Gasteiger partial charge in [-0.2, -0.15) is 5.10 Å². The van der Waals surface area contributed by atoms with Gasteiger partial charge in [-0.05, 0) is 64.5 Å². The first-order valence-electron chi connectivity index (χ1n) is 11.1. The highest BCUT2D eigenvalue weighted by molar-refractivity contribution is 5.94. The van der Waals surface area contributed by atoms with Gasteiger partial charge in [-0.1, -0.05) is 76.2 Å². The van der Waals surface area contributed by atoms with Crippen LogP contribution in [0.4, 0.5) is 0 Å². The summed E-state index contributed by atoms with van der Waals surface area (Å²) in [7, 11) is 0. The van der Waals surface area contributed by atoms with Crippen LogP contribution in [0, 0.1) is 0 Å². The van der Waals surface area contributed by atoms with Crippen LogP contribution in [-0.4, -0.2) is 15.6 Å². The van der Waals surface area contributed by atoms with Gasteiger partial charge in [0.05, 0.1) is 6.54 Å². The molecule has 1 aliphatic carbocycles. The van der Waals surface area contributed by atoms with E-state index in [1.807, 2.05) is 47.4 Å². The monoisotopic (exact) mass is 412 g/mol. The van der Waals surface area contributed by atoms with Crippen LogP contribution in [0.3, 0.4) is 0 Å². The van der Waals surface area contributed by atoms with Gasteiger partial charge in [0.15, 0.2) is 5.78 Å². The molecule has 1 aromatic heterocycles. The minimum atomic E-state index is 0.0940. The molecule has 1 aliphatic rings. The number of carbonyl (C=O) groups excluding carboxylic acids is 1. The van der Waals surface area contributed by atoms with Gasteiger partial charge in [0, 0.05) is 18.0 Å². The number of nitrogens with zero attached hydrogens (tertiary/aromatic N) is 2. The van der Waals surface area contributed by atoms with E-state index in [0.717, 1.165) is 17.7 Å². The first-order valence-corrected chi connectivity index (χ1v) is 11.1. The predicted molar refractivity (Wildman–Crippen MR) is 128 cm³/mol. The minimum absolute atomic E-state index is 0.0940. The Morgan fingerprint density at radius 3 is 2.23 bits per heavy atom. The number of fused-ring (bicyclic) bond motifs is 1. The van der Waals surface area contributed by atoms with Crippen molar-refractivity contribution in [3.63, 3.8) is 0 Å². The Hall–Kier alpha value is -2.94. The molecule has 1 heterocycles. The Balaban J connectivity index is 1.78. The van der Waals surface area contributed by atoms with Crippen molar-refractivity contribution in [2.45, 2.75) is 64.8 Å². The maximum atomic E-state index is 11.6. The summed E-state index contributed by atoms with van der Waals surface area (Å²) in [6.45, 7) is 11.8. The Morgan fingerprint density at radius 2 is 1.65 bits per heavy atom. The van der Waals surface area contributed by atoms with Crippen molar-refractivity contribution in [2.24, 2.45) is 0 Å². The standard InChI is InChI=1S/C28H32N2O/c1-20(31)22-10-7-21(8-11-22)9-12-23-17-25-26(28(4,5)14-13-27(25,2)3)18-24(23)19-30-16-6-15-29-30/h6-12,15-18H,13-14,19H2,1-5H3/b12-9+. The van der Waals surface area contributed by atoms with E-state index in [4.69, 9.17) is 0 Å². The summed E-state index contributed by atoms with van der Waals surface area (Å²) in [5, 5.41) is 4.43. The maximum absolute atomic E-state index is 11.6. The van der Waals surface area contributed by atoms with Crippen LogP contribution < -0.4 is 0 Å². The SMILES string of the molecule is CC(=O)c1ccc(/C=C/c2cc3c(cc2Cn2cccn2)C(C)(C)CCC3(C)C)cc1. The molecular weight excluding hydrogens is 380 g/mol. The van der Waals surface area contributed by atoms with Crippen LogP contribution >= 0.6 is 0 Å². The van der Waals surface area contributed by atoms with Gasteiger partial charge in [-0.3, -0.25) is 9.48 Å². The summed E-state index contributed by atoms with van der Waals surface area (Å²) in [6.07, 6.45) is 10.6. The molecule has 160 valence electrons. The minimum Gasteiger partial charge on any atom is -0.295 e. The van der Waals surface area contributed by atoms with E-state index in [0.29, 0.717) is 0 Å². The van der Waals surface area contributed by atoms with Crippen LogP contribution in [0.1, 0.15) is 85.6 Å². The summed E-state index contributed by atoms with van der Waals surface area (Å²) < 4.78 is 1.99. The lowest BCUT2D eigenvalue weighted by atomic mass is 9.62. The number of Topliss-reactive ketones (excluding diaryl/α,β-unsaturated/α-hetero) is 1. The molecular formula is C28H32N2O. The van der Waals surface area contributed by atoms with E-state index in [9.17, 15) is 4.79 Å². The molecule has 0 radical (unpaired) electrons. The molecule has 0 bridgehead atoms. The van der Waals surface area contributed by atoms with Crippen LogP contribution in [0.2, 0.25) is 0 Å². The third kappa shape index (κ3) is 4.41. The van der Waals surface area contributed by atoms with Crippen molar-refractivity contribution in [2.75, 3.05) is 0 Å². The lowest BCUT2D eigenvalue weighted by Gasteiger charge is -2.42. The summed E-state index contributed by atoms with van der Waals surface area (Å²) in [4.78, 5) is 11.6. The van der Waals surface area contributed by atoms with Crippen LogP contribution in [0.15, 0.2) is 54.9 Å². The molecule has 0 saturated carbocycles. The number of aromatic nitrogens is 2. The van der Waals surface area contributed by atoms with Gasteiger partial charge in [0.2, 0.25) is 0 Å². The number of hydrogen-bond acceptors (Lipinski definition) is 2. The van der Waals surface area contributed by atoms with Gasteiger partial charge in [-0.15, -0.1) is 0 Å². The average Bonchev–Trinajstić information content (AvgIpc) is 3.23. The first-order chi connectivity index (χ1) is 14.7. The average molecular weight is 413 g/mol. The molecule has 0 fully saturated rings. The summed E-state index contributed by atoms with van der Waals surface area (Å²) in [5.74, 6) is 0.0940. The van der Waals surface area contributed by atoms with E-state index >= 15 is 0 Å². The number of rotatable bonds is 5. The second-order valence-corrected chi connectivity index (χ2v) is 10.1. The van der Waals surface area contributed by atoms with Crippen LogP contribution in [0.25, 0.3) is 12.2 Å². The third-order valence-electron chi connectivity index (χ3n) is 6.78. The van der Waals surface area contributed by atoms with Crippen molar-refractivity contribution in [3.05, 3.63) is 88.2 Å². The maximum Gasteiger partial charge on any atom is 0.159 e. The second kappa shape index (κ2) is 7.96. The molecule has 0 N–H and O–H groups in total. The van der Waals surface area contributed by atoms with Crippen molar-refractivity contribution >= 4 is 17.9 Å². The highest BCUT2D eigenvalue weighted by Crippen LogP contribution is 2.46. The molecule has 0 amide bonds. The molecule has 0 saturated heterocycles. The van der Waals surface area contributed by atoms with Gasteiger partial charge in [0.1, 0.15) is 0 Å². The summed E-state index contributed by atoms with van der Waals surface area (Å²) in [5.41, 5.74) is 7.62. The fraction of sp³-hybridized carbons (Fsp3) is 0.357. The van der Waals surface area contributed by atoms with Crippen LogP contribution in [0.5, 0.6) is 0 Å². The number of benzene rings is 2. The Labute approximate surface area is 185 Å².